The second-order valence-electron chi connectivity index (χ2n) is 4.73. The molecule has 1 aromatic carbocycles. The smallest absolute Gasteiger partial charge is 0.267 e. The van der Waals surface area contributed by atoms with Crippen LogP contribution in [0.5, 0.6) is 5.75 Å². The predicted molar refractivity (Wildman–Crippen MR) is 81.4 cm³/mol. The van der Waals surface area contributed by atoms with Crippen LogP contribution in [0.3, 0.4) is 0 Å². The van der Waals surface area contributed by atoms with Gasteiger partial charge in [0, 0.05) is 12.9 Å². The van der Waals surface area contributed by atoms with Crippen LogP contribution >= 0.6 is 11.8 Å². The highest BCUT2D eigenvalue weighted by Crippen LogP contribution is 2.23. The quantitative estimate of drug-likeness (QED) is 0.816. The fourth-order valence-electron chi connectivity index (χ4n) is 2.18. The highest BCUT2D eigenvalue weighted by atomic mass is 32.2. The molecule has 0 aliphatic carbocycles. The molecule has 7 nitrogen and oxygen atoms in total. The third-order valence-corrected chi connectivity index (χ3v) is 4.10. The summed E-state index contributed by atoms with van der Waals surface area (Å²) in [5.74, 6) is 0.637. The first kappa shape index (κ1) is 15.8. The molecule has 0 spiro atoms. The molecule has 0 atom stereocenters. The van der Waals surface area contributed by atoms with Gasteiger partial charge in [-0.25, -0.2) is 14.1 Å². The van der Waals surface area contributed by atoms with E-state index in [-0.39, 0.29) is 24.9 Å². The summed E-state index contributed by atoms with van der Waals surface area (Å²) < 4.78 is 25.6. The minimum absolute atomic E-state index is 0.00521. The summed E-state index contributed by atoms with van der Waals surface area (Å²) in [4.78, 5) is 12.2. The van der Waals surface area contributed by atoms with Crippen LogP contribution < -0.4 is 9.75 Å². The molecular weight excluding hydrogens is 323 g/mol. The molecule has 1 aromatic heterocycles. The van der Waals surface area contributed by atoms with Crippen LogP contribution in [0.1, 0.15) is 5.82 Å². The minimum Gasteiger partial charge on any atom is -0.482 e. The molecule has 122 valence electrons. The molecule has 3 rings (SSSR count). The Kier molecular flexibility index (Phi) is 4.77. The molecule has 0 bridgehead atoms. The first-order chi connectivity index (χ1) is 11.2. The molecule has 2 heterocycles. The van der Waals surface area contributed by atoms with E-state index in [1.54, 1.807) is 16.8 Å². The molecule has 1 aliphatic rings. The lowest BCUT2D eigenvalue weighted by Crippen LogP contribution is -2.47. The third-order valence-electron chi connectivity index (χ3n) is 3.20. The van der Waals surface area contributed by atoms with E-state index in [9.17, 15) is 9.18 Å². The number of benzene rings is 1. The van der Waals surface area contributed by atoms with Gasteiger partial charge in [0.2, 0.25) is 5.16 Å². The lowest BCUT2D eigenvalue weighted by Gasteiger charge is -2.28. The standard InChI is InChI=1S/C14H15FN4O3S/c1-21-9-13(20)18-6-7-23-14-17-16-12(19(14)18)8-22-11-5-3-2-4-10(11)15/h2-5H,6-9H2,1H3. The summed E-state index contributed by atoms with van der Waals surface area (Å²) in [6.45, 7) is 0.492. The maximum absolute atomic E-state index is 13.6. The third kappa shape index (κ3) is 3.30. The first-order valence-corrected chi connectivity index (χ1v) is 7.93. The molecular formula is C14H15FN4O3S. The molecule has 0 N–H and O–H groups in total. The molecule has 9 heteroatoms. The lowest BCUT2D eigenvalue weighted by molar-refractivity contribution is -0.123. The summed E-state index contributed by atoms with van der Waals surface area (Å²) in [5.41, 5.74) is 0. The van der Waals surface area contributed by atoms with Gasteiger partial charge in [0.25, 0.3) is 5.91 Å². The minimum atomic E-state index is -0.451. The number of thioether (sulfide) groups is 1. The number of hydrogen-bond donors (Lipinski definition) is 0. The van der Waals surface area contributed by atoms with Crippen molar-refractivity contribution in [2.75, 3.05) is 31.0 Å². The van der Waals surface area contributed by atoms with E-state index in [4.69, 9.17) is 9.47 Å². The van der Waals surface area contributed by atoms with Crippen LogP contribution in [0.15, 0.2) is 29.4 Å². The average molecular weight is 338 g/mol. The van der Waals surface area contributed by atoms with Crippen molar-refractivity contribution in [3.63, 3.8) is 0 Å². The van der Waals surface area contributed by atoms with E-state index in [1.807, 2.05) is 0 Å². The van der Waals surface area contributed by atoms with Crippen LogP contribution in [0.25, 0.3) is 0 Å². The van der Waals surface area contributed by atoms with Crippen molar-refractivity contribution in [1.82, 2.24) is 14.9 Å². The molecule has 0 radical (unpaired) electrons. The number of nitrogens with zero attached hydrogens (tertiary/aromatic N) is 4. The number of carbonyl (C=O) groups is 1. The van der Waals surface area contributed by atoms with E-state index < -0.39 is 5.82 Å². The number of fused-ring (bicyclic) bond motifs is 1. The summed E-state index contributed by atoms with van der Waals surface area (Å²) in [6, 6.07) is 6.12. The number of carbonyl (C=O) groups excluding carboxylic acids is 1. The summed E-state index contributed by atoms with van der Waals surface area (Å²) in [7, 11) is 1.46. The number of methoxy groups -OCH3 is 1. The molecule has 1 amide bonds. The zero-order valence-electron chi connectivity index (χ0n) is 12.4. The Morgan fingerprint density at radius 1 is 1.39 bits per heavy atom. The largest absolute Gasteiger partial charge is 0.482 e. The summed E-state index contributed by atoms with van der Waals surface area (Å²) in [5, 5.41) is 10.2. The SMILES string of the molecule is COCC(=O)N1CCSc2nnc(COc3ccccc3F)n21. The van der Waals surface area contributed by atoms with Gasteiger partial charge >= 0.3 is 0 Å². The van der Waals surface area contributed by atoms with Crippen molar-refractivity contribution in [2.24, 2.45) is 0 Å². The molecule has 0 saturated carbocycles. The zero-order valence-corrected chi connectivity index (χ0v) is 13.3. The second-order valence-corrected chi connectivity index (χ2v) is 5.79. The number of amides is 1. The van der Waals surface area contributed by atoms with Crippen LogP contribution in [-0.4, -0.2) is 46.8 Å². The highest BCUT2D eigenvalue weighted by molar-refractivity contribution is 7.99. The number of hydrogen-bond acceptors (Lipinski definition) is 6. The van der Waals surface area contributed by atoms with Gasteiger partial charge in [0.05, 0.1) is 6.54 Å². The number of rotatable bonds is 5. The van der Waals surface area contributed by atoms with Crippen molar-refractivity contribution < 1.29 is 18.7 Å². The number of para-hydroxylation sites is 1. The summed E-state index contributed by atoms with van der Waals surface area (Å²) >= 11 is 1.50. The Balaban J connectivity index is 1.80. The Hall–Kier alpha value is -2.13. The van der Waals surface area contributed by atoms with Crippen LogP contribution in [0.4, 0.5) is 4.39 Å². The van der Waals surface area contributed by atoms with Gasteiger partial charge in [-0.1, -0.05) is 23.9 Å². The summed E-state index contributed by atoms with van der Waals surface area (Å²) in [6.07, 6.45) is 0. The predicted octanol–water partition coefficient (Wildman–Crippen LogP) is 1.21. The van der Waals surface area contributed by atoms with E-state index >= 15 is 0 Å². The van der Waals surface area contributed by atoms with Gasteiger partial charge in [-0.3, -0.25) is 4.79 Å². The molecule has 2 aromatic rings. The van der Waals surface area contributed by atoms with E-state index in [0.29, 0.717) is 17.5 Å². The Labute approximate surface area is 136 Å². The van der Waals surface area contributed by atoms with Crippen molar-refractivity contribution in [2.45, 2.75) is 11.8 Å². The van der Waals surface area contributed by atoms with Gasteiger partial charge in [-0.15, -0.1) is 10.2 Å². The first-order valence-electron chi connectivity index (χ1n) is 6.94. The van der Waals surface area contributed by atoms with E-state index in [1.165, 1.54) is 36.0 Å². The van der Waals surface area contributed by atoms with Crippen molar-refractivity contribution >= 4 is 17.7 Å². The maximum Gasteiger partial charge on any atom is 0.267 e. The van der Waals surface area contributed by atoms with Crippen molar-refractivity contribution in [1.29, 1.82) is 0 Å². The van der Waals surface area contributed by atoms with Crippen LogP contribution in [0.2, 0.25) is 0 Å². The number of ether oxygens (including phenoxy) is 2. The number of aromatic nitrogens is 3. The van der Waals surface area contributed by atoms with Crippen molar-refractivity contribution in [3.8, 4) is 5.75 Å². The van der Waals surface area contributed by atoms with Gasteiger partial charge in [0.15, 0.2) is 17.4 Å². The Morgan fingerprint density at radius 2 is 2.22 bits per heavy atom. The fourth-order valence-corrected chi connectivity index (χ4v) is 3.05. The van der Waals surface area contributed by atoms with E-state index in [2.05, 4.69) is 10.2 Å². The molecule has 1 aliphatic heterocycles. The lowest BCUT2D eigenvalue weighted by atomic mass is 10.3. The molecule has 0 unspecified atom stereocenters. The van der Waals surface area contributed by atoms with Crippen LogP contribution in [0, 0.1) is 5.82 Å². The van der Waals surface area contributed by atoms with Crippen LogP contribution in [-0.2, 0) is 16.1 Å². The normalized spacial score (nSPS) is 13.7. The number of halogens is 1. The zero-order chi connectivity index (χ0) is 16.2. The molecule has 0 saturated heterocycles. The average Bonchev–Trinajstić information content (AvgIpc) is 2.97. The van der Waals surface area contributed by atoms with Gasteiger partial charge in [0.1, 0.15) is 13.2 Å². The maximum atomic E-state index is 13.6. The van der Waals surface area contributed by atoms with Gasteiger partial charge in [-0.2, -0.15) is 0 Å². The second kappa shape index (κ2) is 6.97. The Morgan fingerprint density at radius 3 is 3.00 bits per heavy atom. The fraction of sp³-hybridized carbons (Fsp3) is 0.357. The molecule has 23 heavy (non-hydrogen) atoms. The Bertz CT molecular complexity index is 709. The van der Waals surface area contributed by atoms with Gasteiger partial charge < -0.3 is 9.47 Å². The van der Waals surface area contributed by atoms with Gasteiger partial charge in [-0.05, 0) is 12.1 Å². The van der Waals surface area contributed by atoms with Crippen molar-refractivity contribution in [3.05, 3.63) is 35.9 Å². The van der Waals surface area contributed by atoms with E-state index in [0.717, 1.165) is 5.75 Å². The molecule has 0 fully saturated rings. The topological polar surface area (TPSA) is 69.5 Å². The monoisotopic (exact) mass is 338 g/mol. The highest BCUT2D eigenvalue weighted by Gasteiger charge is 2.27.